The molecule has 94 valence electrons. The Kier molecular flexibility index (Phi) is 4.23. The number of nitro benzene ring substituents is 1. The molecule has 0 spiro atoms. The van der Waals surface area contributed by atoms with Gasteiger partial charge in [0, 0.05) is 24.7 Å². The molecule has 0 aliphatic rings. The van der Waals surface area contributed by atoms with Crippen LogP contribution in [0, 0.1) is 22.5 Å². The lowest BCUT2D eigenvalue weighted by Crippen LogP contribution is -2.26. The Morgan fingerprint density at radius 2 is 2.00 bits per heavy atom. The summed E-state index contributed by atoms with van der Waals surface area (Å²) in [5.41, 5.74) is 2.07. The van der Waals surface area contributed by atoms with Gasteiger partial charge in [0.2, 0.25) is 0 Å². The summed E-state index contributed by atoms with van der Waals surface area (Å²) in [5, 5.41) is 14.1. The number of nitrogens with zero attached hydrogens (tertiary/aromatic N) is 1. The second-order valence-corrected chi connectivity index (χ2v) is 5.54. The van der Waals surface area contributed by atoms with Gasteiger partial charge in [-0.3, -0.25) is 10.1 Å². The van der Waals surface area contributed by atoms with Gasteiger partial charge in [-0.25, -0.2) is 0 Å². The number of rotatable bonds is 4. The normalized spacial score (nSPS) is 11.5. The van der Waals surface area contributed by atoms with E-state index in [-0.39, 0.29) is 16.0 Å². The summed E-state index contributed by atoms with van der Waals surface area (Å²) in [7, 11) is 0. The van der Waals surface area contributed by atoms with E-state index >= 15 is 0 Å². The van der Waals surface area contributed by atoms with Crippen molar-refractivity contribution >= 4 is 5.69 Å². The Balaban J connectivity index is 2.67. The van der Waals surface area contributed by atoms with Crippen LogP contribution in [0.1, 0.15) is 31.9 Å². The van der Waals surface area contributed by atoms with Gasteiger partial charge in [-0.05, 0) is 17.9 Å². The maximum atomic E-state index is 10.8. The van der Waals surface area contributed by atoms with E-state index in [2.05, 4.69) is 26.1 Å². The van der Waals surface area contributed by atoms with Crippen LogP contribution in [0.15, 0.2) is 18.2 Å². The molecule has 1 rings (SSSR count). The smallest absolute Gasteiger partial charge is 0.272 e. The zero-order valence-corrected chi connectivity index (χ0v) is 10.9. The van der Waals surface area contributed by atoms with E-state index in [1.165, 1.54) is 0 Å². The van der Waals surface area contributed by atoms with Crippen LogP contribution < -0.4 is 5.32 Å². The van der Waals surface area contributed by atoms with E-state index in [1.54, 1.807) is 19.1 Å². The number of benzene rings is 1. The highest BCUT2D eigenvalue weighted by molar-refractivity contribution is 5.42. The lowest BCUT2D eigenvalue weighted by molar-refractivity contribution is -0.385. The fraction of sp³-hybridized carbons (Fsp3) is 0.538. The highest BCUT2D eigenvalue weighted by Gasteiger charge is 2.12. The quantitative estimate of drug-likeness (QED) is 0.645. The van der Waals surface area contributed by atoms with Crippen LogP contribution in [0.25, 0.3) is 0 Å². The number of nitrogens with one attached hydrogen (secondary N) is 1. The molecule has 0 aromatic heterocycles. The average molecular weight is 236 g/mol. The van der Waals surface area contributed by atoms with Crippen LogP contribution in [0.5, 0.6) is 0 Å². The van der Waals surface area contributed by atoms with Crippen molar-refractivity contribution in [1.82, 2.24) is 5.32 Å². The first-order chi connectivity index (χ1) is 7.79. The first-order valence-electron chi connectivity index (χ1n) is 5.74. The average Bonchev–Trinajstić information content (AvgIpc) is 2.18. The maximum Gasteiger partial charge on any atom is 0.272 e. The number of nitro groups is 1. The summed E-state index contributed by atoms with van der Waals surface area (Å²) in [6.07, 6.45) is 0. The van der Waals surface area contributed by atoms with E-state index in [9.17, 15) is 10.1 Å². The molecule has 4 heteroatoms. The highest BCUT2D eigenvalue weighted by Crippen LogP contribution is 2.19. The van der Waals surface area contributed by atoms with E-state index < -0.39 is 0 Å². The van der Waals surface area contributed by atoms with Crippen molar-refractivity contribution in [3.05, 3.63) is 39.4 Å². The first-order valence-corrected chi connectivity index (χ1v) is 5.74. The fourth-order valence-corrected chi connectivity index (χ4v) is 1.54. The van der Waals surface area contributed by atoms with Crippen molar-refractivity contribution in [2.24, 2.45) is 5.41 Å². The number of hydrogen-bond acceptors (Lipinski definition) is 3. The Morgan fingerprint density at radius 3 is 2.53 bits per heavy atom. The van der Waals surface area contributed by atoms with Crippen molar-refractivity contribution in [3.63, 3.8) is 0 Å². The minimum Gasteiger partial charge on any atom is -0.312 e. The first kappa shape index (κ1) is 13.6. The zero-order valence-electron chi connectivity index (χ0n) is 10.9. The standard InChI is InChI=1S/C13H20N2O2/c1-10-5-6-11(7-12(10)15(16)17)8-14-9-13(2,3)4/h5-7,14H,8-9H2,1-4H3. The molecule has 1 N–H and O–H groups in total. The van der Waals surface area contributed by atoms with Crippen LogP contribution in [0.4, 0.5) is 5.69 Å². The summed E-state index contributed by atoms with van der Waals surface area (Å²) < 4.78 is 0. The Hall–Kier alpha value is -1.42. The van der Waals surface area contributed by atoms with Crippen LogP contribution in [-0.4, -0.2) is 11.5 Å². The molecular weight excluding hydrogens is 216 g/mol. The molecule has 0 fully saturated rings. The molecule has 0 bridgehead atoms. The Morgan fingerprint density at radius 1 is 1.35 bits per heavy atom. The van der Waals surface area contributed by atoms with Crippen molar-refractivity contribution in [2.75, 3.05) is 6.54 Å². The predicted molar refractivity (Wildman–Crippen MR) is 69.0 cm³/mol. The third-order valence-corrected chi connectivity index (χ3v) is 2.45. The lowest BCUT2D eigenvalue weighted by Gasteiger charge is -2.18. The molecule has 0 aliphatic carbocycles. The van der Waals surface area contributed by atoms with Gasteiger partial charge in [0.25, 0.3) is 5.69 Å². The molecule has 1 aromatic rings. The molecule has 0 heterocycles. The lowest BCUT2D eigenvalue weighted by atomic mass is 9.97. The summed E-state index contributed by atoms with van der Waals surface area (Å²) >= 11 is 0. The van der Waals surface area contributed by atoms with Gasteiger partial charge in [-0.1, -0.05) is 32.9 Å². The van der Waals surface area contributed by atoms with Crippen molar-refractivity contribution in [1.29, 1.82) is 0 Å². The molecule has 0 atom stereocenters. The van der Waals surface area contributed by atoms with E-state index in [0.717, 1.165) is 12.1 Å². The number of hydrogen-bond donors (Lipinski definition) is 1. The summed E-state index contributed by atoms with van der Waals surface area (Å²) in [6, 6.07) is 5.37. The molecular formula is C13H20N2O2. The summed E-state index contributed by atoms with van der Waals surface area (Å²) in [5.74, 6) is 0. The minimum absolute atomic E-state index is 0.194. The Bertz CT molecular complexity index is 408. The topological polar surface area (TPSA) is 55.2 Å². The van der Waals surface area contributed by atoms with Gasteiger partial charge in [-0.15, -0.1) is 0 Å². The molecule has 17 heavy (non-hydrogen) atoms. The van der Waals surface area contributed by atoms with Crippen LogP contribution >= 0.6 is 0 Å². The van der Waals surface area contributed by atoms with Gasteiger partial charge < -0.3 is 5.32 Å². The molecule has 0 amide bonds. The molecule has 4 nitrogen and oxygen atoms in total. The van der Waals surface area contributed by atoms with Crippen LogP contribution in [0.3, 0.4) is 0 Å². The zero-order chi connectivity index (χ0) is 13.1. The van der Waals surface area contributed by atoms with Crippen LogP contribution in [0.2, 0.25) is 0 Å². The van der Waals surface area contributed by atoms with Gasteiger partial charge in [0.05, 0.1) is 4.92 Å². The monoisotopic (exact) mass is 236 g/mol. The predicted octanol–water partition coefficient (Wildman–Crippen LogP) is 3.04. The summed E-state index contributed by atoms with van der Waals surface area (Å²) in [6.45, 7) is 9.75. The number of aryl methyl sites for hydroxylation is 1. The van der Waals surface area contributed by atoms with Gasteiger partial charge in [0.15, 0.2) is 0 Å². The third-order valence-electron chi connectivity index (χ3n) is 2.45. The van der Waals surface area contributed by atoms with Crippen molar-refractivity contribution in [2.45, 2.75) is 34.2 Å². The van der Waals surface area contributed by atoms with E-state index in [0.29, 0.717) is 12.1 Å². The second-order valence-electron chi connectivity index (χ2n) is 5.54. The molecule has 0 aliphatic heterocycles. The van der Waals surface area contributed by atoms with Crippen LogP contribution in [-0.2, 0) is 6.54 Å². The Labute approximate surface area is 102 Å². The van der Waals surface area contributed by atoms with Gasteiger partial charge >= 0.3 is 0 Å². The van der Waals surface area contributed by atoms with E-state index in [1.807, 2.05) is 6.07 Å². The molecule has 0 unspecified atom stereocenters. The minimum atomic E-state index is -0.331. The molecule has 0 saturated heterocycles. The second kappa shape index (κ2) is 5.27. The van der Waals surface area contributed by atoms with Gasteiger partial charge in [0.1, 0.15) is 0 Å². The molecule has 0 saturated carbocycles. The molecule has 1 aromatic carbocycles. The highest BCUT2D eigenvalue weighted by atomic mass is 16.6. The largest absolute Gasteiger partial charge is 0.312 e. The van der Waals surface area contributed by atoms with Crippen molar-refractivity contribution < 1.29 is 4.92 Å². The maximum absolute atomic E-state index is 10.8. The summed E-state index contributed by atoms with van der Waals surface area (Å²) in [4.78, 5) is 10.5. The van der Waals surface area contributed by atoms with Gasteiger partial charge in [-0.2, -0.15) is 0 Å². The third kappa shape index (κ3) is 4.53. The molecule has 0 radical (unpaired) electrons. The fourth-order valence-electron chi connectivity index (χ4n) is 1.54. The van der Waals surface area contributed by atoms with Crippen molar-refractivity contribution in [3.8, 4) is 0 Å². The van der Waals surface area contributed by atoms with E-state index in [4.69, 9.17) is 0 Å². The SMILES string of the molecule is Cc1ccc(CNCC(C)(C)C)cc1[N+](=O)[O-].